The molecule has 128 valence electrons. The number of aliphatic hydroxyl groups is 1. The Morgan fingerprint density at radius 1 is 1.14 bits per heavy atom. The van der Waals surface area contributed by atoms with E-state index in [1.54, 1.807) is 4.90 Å². The number of carboxylic acids is 1. The molecule has 0 aromatic rings. The van der Waals surface area contributed by atoms with E-state index in [0.29, 0.717) is 38.8 Å². The van der Waals surface area contributed by atoms with Crippen LogP contribution in [0.3, 0.4) is 0 Å². The van der Waals surface area contributed by atoms with Crippen LogP contribution in [-0.4, -0.2) is 52.5 Å². The molecule has 1 fully saturated rings. The first kappa shape index (κ1) is 18.7. The Balaban J connectivity index is 2.54. The summed E-state index contributed by atoms with van der Waals surface area (Å²) >= 11 is 0. The van der Waals surface area contributed by atoms with Crippen molar-refractivity contribution in [3.8, 4) is 0 Å². The summed E-state index contributed by atoms with van der Waals surface area (Å²) in [7, 11) is 0. The molecule has 2 N–H and O–H groups in total. The van der Waals surface area contributed by atoms with E-state index in [1.807, 2.05) is 20.8 Å². The number of ether oxygens (including phenoxy) is 1. The van der Waals surface area contributed by atoms with E-state index in [9.17, 15) is 14.7 Å². The van der Waals surface area contributed by atoms with Crippen LogP contribution in [-0.2, 0) is 9.53 Å². The number of piperidine rings is 1. The van der Waals surface area contributed by atoms with Gasteiger partial charge in [-0.2, -0.15) is 0 Å². The minimum atomic E-state index is -0.777. The second kappa shape index (κ2) is 7.81. The highest BCUT2D eigenvalue weighted by Gasteiger charge is 2.42. The molecule has 0 aliphatic carbocycles. The third-order valence-corrected chi connectivity index (χ3v) is 4.14. The number of amides is 1. The number of nitrogens with zero attached hydrogens (tertiary/aromatic N) is 1. The maximum Gasteiger partial charge on any atom is 0.410 e. The van der Waals surface area contributed by atoms with Gasteiger partial charge in [0.25, 0.3) is 0 Å². The van der Waals surface area contributed by atoms with Crippen molar-refractivity contribution < 1.29 is 24.5 Å². The number of carbonyl (C=O) groups is 2. The predicted molar refractivity (Wildman–Crippen MR) is 82.7 cm³/mol. The minimum Gasteiger partial charge on any atom is -0.481 e. The van der Waals surface area contributed by atoms with Crippen LogP contribution in [0.1, 0.15) is 59.3 Å². The zero-order valence-corrected chi connectivity index (χ0v) is 13.9. The van der Waals surface area contributed by atoms with E-state index >= 15 is 0 Å². The SMILES string of the molecule is CC(C)(C)OC(=O)N1CCC(CCCCCO)(C(=O)O)CC1. The average molecular weight is 315 g/mol. The third-order valence-electron chi connectivity index (χ3n) is 4.14. The molecule has 0 radical (unpaired) electrons. The number of unbranched alkanes of at least 4 members (excludes halogenated alkanes) is 2. The summed E-state index contributed by atoms with van der Waals surface area (Å²) in [6, 6.07) is 0. The number of aliphatic hydroxyl groups excluding tert-OH is 1. The van der Waals surface area contributed by atoms with E-state index in [2.05, 4.69) is 0 Å². The summed E-state index contributed by atoms with van der Waals surface area (Å²) in [6.07, 6.45) is 3.48. The third kappa shape index (κ3) is 5.48. The molecule has 1 amide bonds. The Morgan fingerprint density at radius 2 is 1.73 bits per heavy atom. The van der Waals surface area contributed by atoms with Crippen molar-refractivity contribution in [2.45, 2.75) is 64.9 Å². The fourth-order valence-corrected chi connectivity index (χ4v) is 2.77. The number of hydrogen-bond donors (Lipinski definition) is 2. The van der Waals surface area contributed by atoms with Gasteiger partial charge in [-0.1, -0.05) is 12.8 Å². The Kier molecular flexibility index (Phi) is 6.66. The van der Waals surface area contributed by atoms with Crippen molar-refractivity contribution in [1.82, 2.24) is 4.90 Å². The molecule has 1 aliphatic heterocycles. The minimum absolute atomic E-state index is 0.145. The topological polar surface area (TPSA) is 87.1 Å². The van der Waals surface area contributed by atoms with Gasteiger partial charge in [-0.05, 0) is 46.5 Å². The second-order valence-corrected chi connectivity index (χ2v) is 7.09. The molecule has 1 aliphatic rings. The number of aliphatic carboxylic acids is 1. The van der Waals surface area contributed by atoms with Crippen molar-refractivity contribution in [3.63, 3.8) is 0 Å². The van der Waals surface area contributed by atoms with Crippen LogP contribution in [0.15, 0.2) is 0 Å². The van der Waals surface area contributed by atoms with Gasteiger partial charge >= 0.3 is 12.1 Å². The van der Waals surface area contributed by atoms with Crippen LogP contribution in [0.5, 0.6) is 0 Å². The predicted octanol–water partition coefficient (Wildman–Crippen LogP) is 2.64. The number of carbonyl (C=O) groups excluding carboxylic acids is 1. The number of carboxylic acid groups (broad SMARTS) is 1. The molecule has 0 unspecified atom stereocenters. The molecule has 0 atom stereocenters. The van der Waals surface area contributed by atoms with Gasteiger partial charge in [0.15, 0.2) is 0 Å². The highest BCUT2D eigenvalue weighted by Crippen LogP contribution is 2.37. The van der Waals surface area contributed by atoms with E-state index in [0.717, 1.165) is 12.8 Å². The van der Waals surface area contributed by atoms with Gasteiger partial charge in [0.1, 0.15) is 5.60 Å². The summed E-state index contributed by atoms with van der Waals surface area (Å²) in [6.45, 7) is 6.43. The lowest BCUT2D eigenvalue weighted by Crippen LogP contribution is -2.47. The van der Waals surface area contributed by atoms with Gasteiger partial charge in [0, 0.05) is 19.7 Å². The summed E-state index contributed by atoms with van der Waals surface area (Å²) in [5, 5.41) is 18.4. The molecular formula is C16H29NO5. The van der Waals surface area contributed by atoms with Crippen molar-refractivity contribution in [2.24, 2.45) is 5.41 Å². The van der Waals surface area contributed by atoms with Gasteiger partial charge in [0.05, 0.1) is 5.41 Å². The highest BCUT2D eigenvalue weighted by atomic mass is 16.6. The molecule has 0 spiro atoms. The zero-order chi connectivity index (χ0) is 16.8. The molecule has 0 saturated carbocycles. The summed E-state index contributed by atoms with van der Waals surface area (Å²) in [5.41, 5.74) is -1.28. The van der Waals surface area contributed by atoms with Crippen LogP contribution < -0.4 is 0 Å². The molecule has 1 heterocycles. The maximum atomic E-state index is 12.0. The number of rotatable bonds is 6. The molecule has 6 nitrogen and oxygen atoms in total. The summed E-state index contributed by atoms with van der Waals surface area (Å²) in [4.78, 5) is 25.3. The quantitative estimate of drug-likeness (QED) is 0.736. The number of hydrogen-bond acceptors (Lipinski definition) is 4. The molecule has 0 aromatic carbocycles. The Hall–Kier alpha value is -1.30. The van der Waals surface area contributed by atoms with E-state index in [-0.39, 0.29) is 12.7 Å². The lowest BCUT2D eigenvalue weighted by molar-refractivity contribution is -0.152. The molecule has 1 rings (SSSR count). The highest BCUT2D eigenvalue weighted by molar-refractivity contribution is 5.75. The lowest BCUT2D eigenvalue weighted by atomic mass is 9.74. The molecular weight excluding hydrogens is 286 g/mol. The van der Waals surface area contributed by atoms with Crippen LogP contribution in [0.2, 0.25) is 0 Å². The lowest BCUT2D eigenvalue weighted by Gasteiger charge is -2.39. The normalized spacial score (nSPS) is 18.1. The van der Waals surface area contributed by atoms with Gasteiger partial charge < -0.3 is 19.8 Å². The monoisotopic (exact) mass is 315 g/mol. The van der Waals surface area contributed by atoms with Gasteiger partial charge in [-0.25, -0.2) is 4.79 Å². The van der Waals surface area contributed by atoms with Gasteiger partial charge in [-0.3, -0.25) is 4.79 Å². The number of likely N-dealkylation sites (tertiary alicyclic amines) is 1. The van der Waals surface area contributed by atoms with Crippen molar-refractivity contribution in [2.75, 3.05) is 19.7 Å². The molecule has 0 bridgehead atoms. The maximum absolute atomic E-state index is 12.0. The second-order valence-electron chi connectivity index (χ2n) is 7.09. The first-order valence-electron chi connectivity index (χ1n) is 8.02. The molecule has 22 heavy (non-hydrogen) atoms. The Labute approximate surface area is 132 Å². The first-order chi connectivity index (χ1) is 10.2. The van der Waals surface area contributed by atoms with Crippen LogP contribution >= 0.6 is 0 Å². The molecule has 0 aromatic heterocycles. The fraction of sp³-hybridized carbons (Fsp3) is 0.875. The smallest absolute Gasteiger partial charge is 0.410 e. The zero-order valence-electron chi connectivity index (χ0n) is 13.9. The Bertz CT molecular complexity index is 380. The largest absolute Gasteiger partial charge is 0.481 e. The van der Waals surface area contributed by atoms with Crippen molar-refractivity contribution in [1.29, 1.82) is 0 Å². The molecule has 6 heteroatoms. The van der Waals surface area contributed by atoms with Crippen molar-refractivity contribution in [3.05, 3.63) is 0 Å². The van der Waals surface area contributed by atoms with Crippen molar-refractivity contribution >= 4 is 12.1 Å². The van der Waals surface area contributed by atoms with E-state index < -0.39 is 17.0 Å². The summed E-state index contributed by atoms with van der Waals surface area (Å²) in [5.74, 6) is -0.777. The molecule has 1 saturated heterocycles. The fourth-order valence-electron chi connectivity index (χ4n) is 2.77. The standard InChI is InChI=1S/C16H29NO5/c1-15(2,3)22-14(21)17-10-8-16(9-11-17,13(19)20)7-5-4-6-12-18/h18H,4-12H2,1-3H3,(H,19,20). The van der Waals surface area contributed by atoms with E-state index in [4.69, 9.17) is 9.84 Å². The summed E-state index contributed by atoms with van der Waals surface area (Å²) < 4.78 is 5.33. The van der Waals surface area contributed by atoms with Crippen LogP contribution in [0.4, 0.5) is 4.79 Å². The van der Waals surface area contributed by atoms with Crippen LogP contribution in [0, 0.1) is 5.41 Å². The Morgan fingerprint density at radius 3 is 2.18 bits per heavy atom. The average Bonchev–Trinajstić information content (AvgIpc) is 2.42. The van der Waals surface area contributed by atoms with E-state index in [1.165, 1.54) is 0 Å². The van der Waals surface area contributed by atoms with Crippen LogP contribution in [0.25, 0.3) is 0 Å². The van der Waals surface area contributed by atoms with Gasteiger partial charge in [-0.15, -0.1) is 0 Å². The first-order valence-corrected chi connectivity index (χ1v) is 8.02. The van der Waals surface area contributed by atoms with Gasteiger partial charge in [0.2, 0.25) is 0 Å².